The van der Waals surface area contributed by atoms with E-state index in [-0.39, 0.29) is 18.1 Å². The van der Waals surface area contributed by atoms with E-state index in [4.69, 9.17) is 33.0 Å². The fourth-order valence-corrected chi connectivity index (χ4v) is 5.23. The first kappa shape index (κ1) is 21.8. The summed E-state index contributed by atoms with van der Waals surface area (Å²) in [6, 6.07) is 17.6. The number of rotatable bonds is 4. The van der Waals surface area contributed by atoms with E-state index in [1.807, 2.05) is 48.7 Å². The van der Waals surface area contributed by atoms with Crippen LogP contribution in [0.2, 0.25) is 10.0 Å². The molecule has 7 heteroatoms. The van der Waals surface area contributed by atoms with Crippen molar-refractivity contribution in [2.45, 2.75) is 39.3 Å². The molecule has 0 aliphatic heterocycles. The highest BCUT2D eigenvalue weighted by molar-refractivity contribution is 6.36. The first-order valence-electron chi connectivity index (χ1n) is 10.8. The molecule has 0 saturated heterocycles. The molecule has 0 unspecified atom stereocenters. The minimum Gasteiger partial charge on any atom is -0.460 e. The fraction of sp³-hybridized carbons (Fsp3) is 0.231. The van der Waals surface area contributed by atoms with Crippen LogP contribution in [0.5, 0.6) is 0 Å². The van der Waals surface area contributed by atoms with Crippen LogP contribution in [0, 0.1) is 13.8 Å². The van der Waals surface area contributed by atoms with Crippen LogP contribution < -0.4 is 5.32 Å². The molecule has 1 N–H and O–H groups in total. The summed E-state index contributed by atoms with van der Waals surface area (Å²) in [5.74, 6) is -0.283. The van der Waals surface area contributed by atoms with Crippen molar-refractivity contribution in [3.8, 4) is 11.3 Å². The predicted molar refractivity (Wildman–Crippen MR) is 132 cm³/mol. The largest absolute Gasteiger partial charge is 0.460 e. The van der Waals surface area contributed by atoms with E-state index in [2.05, 4.69) is 23.5 Å². The van der Waals surface area contributed by atoms with Crippen LogP contribution in [0.3, 0.4) is 0 Å². The van der Waals surface area contributed by atoms with Gasteiger partial charge in [0.2, 0.25) is 0 Å². The lowest BCUT2D eigenvalue weighted by Crippen LogP contribution is -2.26. The van der Waals surface area contributed by atoms with Crippen LogP contribution in [-0.4, -0.2) is 21.7 Å². The first-order chi connectivity index (χ1) is 15.8. The van der Waals surface area contributed by atoms with Crippen molar-refractivity contribution in [2.24, 2.45) is 0 Å². The number of benzene rings is 2. The lowest BCUT2D eigenvalue weighted by atomic mass is 10.1. The van der Waals surface area contributed by atoms with Gasteiger partial charge in [-0.05, 0) is 60.9 Å². The highest BCUT2D eigenvalue weighted by Gasteiger charge is 2.35. The molecule has 2 heterocycles. The quantitative estimate of drug-likeness (QED) is 0.336. The summed E-state index contributed by atoms with van der Waals surface area (Å²) in [6.07, 6.45) is 0.397. The number of esters is 1. The summed E-state index contributed by atoms with van der Waals surface area (Å²) >= 11 is 12.7. The third kappa shape index (κ3) is 3.96. The van der Waals surface area contributed by atoms with Gasteiger partial charge in [0.15, 0.2) is 0 Å². The molecule has 33 heavy (non-hydrogen) atoms. The molecule has 2 atom stereocenters. The molecular weight excluding hydrogens is 457 g/mol. The summed E-state index contributed by atoms with van der Waals surface area (Å²) < 4.78 is 7.61. The van der Waals surface area contributed by atoms with Crippen molar-refractivity contribution >= 4 is 40.4 Å². The van der Waals surface area contributed by atoms with E-state index in [0.717, 1.165) is 39.3 Å². The van der Waals surface area contributed by atoms with E-state index < -0.39 is 0 Å². The van der Waals surface area contributed by atoms with E-state index in [1.54, 1.807) is 6.07 Å². The van der Waals surface area contributed by atoms with Crippen molar-refractivity contribution in [3.63, 3.8) is 0 Å². The topological polar surface area (TPSA) is 55.6 Å². The van der Waals surface area contributed by atoms with Crippen LogP contribution in [-0.2, 0) is 16.0 Å². The van der Waals surface area contributed by atoms with Gasteiger partial charge in [-0.15, -0.1) is 0 Å². The number of hydrogen-bond donors (Lipinski definition) is 1. The molecule has 0 spiro atoms. The predicted octanol–water partition coefficient (Wildman–Crippen LogP) is 6.57. The number of halogens is 2. The Morgan fingerprint density at radius 2 is 1.91 bits per heavy atom. The van der Waals surface area contributed by atoms with Crippen LogP contribution in [0.4, 0.5) is 5.69 Å². The van der Waals surface area contributed by atoms with Crippen molar-refractivity contribution in [1.82, 2.24) is 9.61 Å². The Morgan fingerprint density at radius 3 is 2.67 bits per heavy atom. The normalized spacial score (nSPS) is 17.2. The Kier molecular flexibility index (Phi) is 5.55. The molecule has 5 nitrogen and oxygen atoms in total. The van der Waals surface area contributed by atoms with E-state index >= 15 is 0 Å². The number of ether oxygens (including phenoxy) is 1. The van der Waals surface area contributed by atoms with E-state index in [9.17, 15) is 4.79 Å². The van der Waals surface area contributed by atoms with E-state index in [0.29, 0.717) is 16.5 Å². The summed E-state index contributed by atoms with van der Waals surface area (Å²) in [5, 5.41) is 9.60. The molecule has 0 fully saturated rings. The number of nitrogens with one attached hydrogen (secondary N) is 1. The summed E-state index contributed by atoms with van der Waals surface area (Å²) in [5.41, 5.74) is 7.84. The van der Waals surface area contributed by atoms with Gasteiger partial charge in [0, 0.05) is 23.9 Å². The first-order valence-corrected chi connectivity index (χ1v) is 11.5. The fourth-order valence-electron chi connectivity index (χ4n) is 4.73. The molecule has 2 aromatic carbocycles. The molecule has 0 saturated carbocycles. The zero-order chi connectivity index (χ0) is 23.3. The van der Waals surface area contributed by atoms with Crippen molar-refractivity contribution in [2.75, 3.05) is 5.32 Å². The monoisotopic (exact) mass is 479 g/mol. The summed E-state index contributed by atoms with van der Waals surface area (Å²) in [4.78, 5) is 11.8. The number of carbonyl (C=O) groups excluding carboxylic acids is 1. The Bertz CT molecular complexity index is 1400. The molecule has 4 aromatic rings. The molecular formula is C26H23Cl2N3O2. The molecule has 0 amide bonds. The molecule has 168 valence electrons. The number of fused-ring (bicyclic) bond motifs is 2. The average Bonchev–Trinajstić information content (AvgIpc) is 3.25. The van der Waals surface area contributed by atoms with Crippen LogP contribution in [0.25, 0.3) is 16.8 Å². The van der Waals surface area contributed by atoms with Gasteiger partial charge in [0.25, 0.3) is 0 Å². The van der Waals surface area contributed by atoms with Crippen molar-refractivity contribution in [1.29, 1.82) is 0 Å². The number of anilines is 1. The number of aromatic nitrogens is 2. The minimum atomic E-state index is -0.283. The lowest BCUT2D eigenvalue weighted by molar-refractivity contribution is -0.146. The van der Waals surface area contributed by atoms with Gasteiger partial charge < -0.3 is 10.1 Å². The second kappa shape index (κ2) is 8.40. The maximum atomic E-state index is 11.8. The van der Waals surface area contributed by atoms with E-state index in [1.165, 1.54) is 12.5 Å². The van der Waals surface area contributed by atoms with Gasteiger partial charge in [-0.3, -0.25) is 4.79 Å². The third-order valence-electron chi connectivity index (χ3n) is 6.05. The minimum absolute atomic E-state index is 0.159. The third-order valence-corrected chi connectivity index (χ3v) is 6.60. The van der Waals surface area contributed by atoms with Gasteiger partial charge in [-0.25, -0.2) is 4.52 Å². The van der Waals surface area contributed by atoms with Gasteiger partial charge in [-0.2, -0.15) is 5.10 Å². The van der Waals surface area contributed by atoms with Gasteiger partial charge >= 0.3 is 5.97 Å². The Labute approximate surface area is 202 Å². The van der Waals surface area contributed by atoms with Crippen LogP contribution >= 0.6 is 23.2 Å². The van der Waals surface area contributed by atoms with Crippen LogP contribution in [0.1, 0.15) is 35.3 Å². The zero-order valence-corrected chi connectivity index (χ0v) is 20.0. The maximum Gasteiger partial charge on any atom is 0.302 e. The van der Waals surface area contributed by atoms with Crippen LogP contribution in [0.15, 0.2) is 54.6 Å². The molecule has 0 radical (unpaired) electrons. The maximum absolute atomic E-state index is 11.8. The SMILES string of the molecule is CC(=O)O[C@H]1Cc2ccccc2[C@@H]1Nc1cc(C)nn2c(-c3ccc(Cl)cc3Cl)c(C)cc12. The number of aryl methyl sites for hydroxylation is 2. The molecule has 2 aromatic heterocycles. The standard InChI is InChI=1S/C26H23Cl2N3O2/c1-14-10-23-22(29-25-19-7-5-4-6-17(19)12-24(25)33-16(3)32)11-15(2)30-31(23)26(14)20-9-8-18(27)13-21(20)28/h4-11,13,24-25,29H,12H2,1-3H3/t24-,25-/m0/s1. The number of carbonyl (C=O) groups is 1. The summed E-state index contributed by atoms with van der Waals surface area (Å²) in [6.45, 7) is 5.45. The van der Waals surface area contributed by atoms with Gasteiger partial charge in [0.05, 0.1) is 33.7 Å². The Morgan fingerprint density at radius 1 is 1.12 bits per heavy atom. The summed E-state index contributed by atoms with van der Waals surface area (Å²) in [7, 11) is 0. The molecule has 1 aliphatic rings. The van der Waals surface area contributed by atoms with Gasteiger partial charge in [-0.1, -0.05) is 47.5 Å². The smallest absolute Gasteiger partial charge is 0.302 e. The second-order valence-electron chi connectivity index (χ2n) is 8.47. The number of hydrogen-bond acceptors (Lipinski definition) is 4. The zero-order valence-electron chi connectivity index (χ0n) is 18.5. The highest BCUT2D eigenvalue weighted by atomic mass is 35.5. The number of nitrogens with zero attached hydrogens (tertiary/aromatic N) is 2. The van der Waals surface area contributed by atoms with Crippen molar-refractivity contribution < 1.29 is 9.53 Å². The average molecular weight is 480 g/mol. The molecule has 5 rings (SSSR count). The highest BCUT2D eigenvalue weighted by Crippen LogP contribution is 2.39. The van der Waals surface area contributed by atoms with Crippen molar-refractivity contribution in [3.05, 3.63) is 87.0 Å². The molecule has 1 aliphatic carbocycles. The second-order valence-corrected chi connectivity index (χ2v) is 9.31. The lowest BCUT2D eigenvalue weighted by Gasteiger charge is -2.23. The Hall–Kier alpha value is -3.02. The Balaban J connectivity index is 1.63. The molecule has 0 bridgehead atoms. The van der Waals surface area contributed by atoms with Gasteiger partial charge in [0.1, 0.15) is 6.10 Å².